The fourth-order valence-electron chi connectivity index (χ4n) is 3.23. The number of benzene rings is 1. The van der Waals surface area contributed by atoms with Gasteiger partial charge in [-0.2, -0.15) is 0 Å². The molecule has 1 spiro atoms. The van der Waals surface area contributed by atoms with Crippen molar-refractivity contribution in [3.8, 4) is 0 Å². The number of carbonyl (C=O) groups excluding carboxylic acids is 1. The van der Waals surface area contributed by atoms with Gasteiger partial charge < -0.3 is 5.32 Å². The number of ketones is 1. The number of Topliss-reactive ketones (excluding diaryl/α,β-unsaturated/α-hetero) is 1. The summed E-state index contributed by atoms with van der Waals surface area (Å²) in [5.41, 5.74) is 1.94. The van der Waals surface area contributed by atoms with Crippen LogP contribution >= 0.6 is 0 Å². The highest BCUT2D eigenvalue weighted by molar-refractivity contribution is 6.05. The van der Waals surface area contributed by atoms with E-state index in [1.54, 1.807) is 0 Å². The molecule has 2 nitrogen and oxygen atoms in total. The van der Waals surface area contributed by atoms with Crippen LogP contribution in [0.1, 0.15) is 48.0 Å². The number of nitrogens with one attached hydrogen (secondary N) is 1. The first-order valence-corrected chi connectivity index (χ1v) is 6.70. The van der Waals surface area contributed by atoms with Gasteiger partial charge in [-0.1, -0.05) is 37.1 Å². The van der Waals surface area contributed by atoms with Gasteiger partial charge in [0, 0.05) is 5.56 Å². The quantitative estimate of drug-likeness (QED) is 0.741. The topological polar surface area (TPSA) is 29.1 Å². The van der Waals surface area contributed by atoms with Crippen LogP contribution in [0, 0.1) is 0 Å². The molecular weight excluding hydrogens is 210 g/mol. The number of carbonyl (C=O) groups is 1. The molecule has 0 amide bonds. The summed E-state index contributed by atoms with van der Waals surface area (Å²) in [5.74, 6) is 0.334. The van der Waals surface area contributed by atoms with E-state index in [4.69, 9.17) is 0 Å². The lowest BCUT2D eigenvalue weighted by atomic mass is 9.74. The summed E-state index contributed by atoms with van der Waals surface area (Å²) in [6.45, 7) is 0.994. The summed E-state index contributed by atoms with van der Waals surface area (Å²) in [4.78, 5) is 12.7. The molecule has 1 unspecified atom stereocenters. The Morgan fingerprint density at radius 1 is 1.06 bits per heavy atom. The van der Waals surface area contributed by atoms with Crippen LogP contribution in [0.2, 0.25) is 0 Å². The Balaban J connectivity index is 1.97. The molecule has 2 heteroatoms. The maximum Gasteiger partial charge on any atom is 0.183 e. The Morgan fingerprint density at radius 2 is 1.94 bits per heavy atom. The van der Waals surface area contributed by atoms with Gasteiger partial charge in [-0.15, -0.1) is 0 Å². The Hall–Kier alpha value is -1.15. The lowest BCUT2D eigenvalue weighted by Crippen LogP contribution is -2.54. The highest BCUT2D eigenvalue weighted by Crippen LogP contribution is 2.33. The van der Waals surface area contributed by atoms with Crippen LogP contribution in [-0.2, 0) is 6.42 Å². The molecule has 1 fully saturated rings. The molecule has 2 aliphatic rings. The van der Waals surface area contributed by atoms with Gasteiger partial charge in [-0.3, -0.25) is 4.79 Å². The first kappa shape index (κ1) is 11.0. The van der Waals surface area contributed by atoms with Crippen LogP contribution in [-0.4, -0.2) is 17.9 Å². The summed E-state index contributed by atoms with van der Waals surface area (Å²) >= 11 is 0. The van der Waals surface area contributed by atoms with E-state index >= 15 is 0 Å². The van der Waals surface area contributed by atoms with E-state index in [0.29, 0.717) is 5.78 Å². The molecule has 1 aromatic carbocycles. The van der Waals surface area contributed by atoms with Gasteiger partial charge in [0.05, 0.1) is 5.54 Å². The minimum absolute atomic E-state index is 0.245. The number of fused-ring (bicyclic) bond motifs is 1. The third-order valence-corrected chi connectivity index (χ3v) is 4.26. The summed E-state index contributed by atoms with van der Waals surface area (Å²) in [7, 11) is 0. The van der Waals surface area contributed by atoms with E-state index in [-0.39, 0.29) is 5.54 Å². The molecule has 1 aliphatic carbocycles. The molecule has 90 valence electrons. The number of hydrogen-bond donors (Lipinski definition) is 1. The highest BCUT2D eigenvalue weighted by atomic mass is 16.1. The van der Waals surface area contributed by atoms with Gasteiger partial charge in [0.1, 0.15) is 0 Å². The third-order valence-electron chi connectivity index (χ3n) is 4.26. The van der Waals surface area contributed by atoms with Crippen LogP contribution in [0.25, 0.3) is 0 Å². The number of hydrogen-bond acceptors (Lipinski definition) is 2. The summed E-state index contributed by atoms with van der Waals surface area (Å²) in [6, 6.07) is 8.10. The van der Waals surface area contributed by atoms with Crippen molar-refractivity contribution in [3.63, 3.8) is 0 Å². The van der Waals surface area contributed by atoms with E-state index in [0.717, 1.165) is 31.4 Å². The van der Waals surface area contributed by atoms with Gasteiger partial charge >= 0.3 is 0 Å². The molecule has 1 aromatic rings. The van der Waals surface area contributed by atoms with Crippen molar-refractivity contribution in [1.29, 1.82) is 0 Å². The minimum atomic E-state index is -0.245. The van der Waals surface area contributed by atoms with Crippen molar-refractivity contribution in [2.24, 2.45) is 0 Å². The second kappa shape index (κ2) is 4.26. The SMILES string of the molecule is O=C1c2ccccc2CCC12CCCCCN2. The molecule has 3 rings (SSSR count). The lowest BCUT2D eigenvalue weighted by Gasteiger charge is -2.36. The molecule has 1 aliphatic heterocycles. The number of aryl methyl sites for hydroxylation is 1. The van der Waals surface area contributed by atoms with E-state index in [9.17, 15) is 4.79 Å². The average Bonchev–Trinajstić information content (AvgIpc) is 2.61. The van der Waals surface area contributed by atoms with Crippen LogP contribution in [0.15, 0.2) is 24.3 Å². The maximum absolute atomic E-state index is 12.7. The summed E-state index contributed by atoms with van der Waals surface area (Å²) in [6.07, 6.45) is 6.67. The second-order valence-electron chi connectivity index (χ2n) is 5.31. The zero-order chi connectivity index (χ0) is 11.7. The Kier molecular flexibility index (Phi) is 2.75. The standard InChI is InChI=1S/C15H19NO/c17-14-13-7-3-2-6-12(13)8-10-15(14)9-4-1-5-11-16-15/h2-3,6-7,16H,1,4-5,8-11H2. The van der Waals surface area contributed by atoms with E-state index < -0.39 is 0 Å². The second-order valence-corrected chi connectivity index (χ2v) is 5.31. The molecule has 0 saturated carbocycles. The monoisotopic (exact) mass is 229 g/mol. The van der Waals surface area contributed by atoms with Gasteiger partial charge in [-0.25, -0.2) is 0 Å². The molecular formula is C15H19NO. The van der Waals surface area contributed by atoms with Crippen molar-refractivity contribution in [2.75, 3.05) is 6.54 Å². The fraction of sp³-hybridized carbons (Fsp3) is 0.533. The molecule has 1 atom stereocenters. The van der Waals surface area contributed by atoms with Crippen molar-refractivity contribution < 1.29 is 4.79 Å². The van der Waals surface area contributed by atoms with Crippen LogP contribution in [0.4, 0.5) is 0 Å². The molecule has 0 bridgehead atoms. The summed E-state index contributed by atoms with van der Waals surface area (Å²) < 4.78 is 0. The Bertz CT molecular complexity index is 430. The Labute approximate surface area is 102 Å². The maximum atomic E-state index is 12.7. The first-order chi connectivity index (χ1) is 8.32. The van der Waals surface area contributed by atoms with Crippen molar-refractivity contribution in [1.82, 2.24) is 5.32 Å². The lowest BCUT2D eigenvalue weighted by molar-refractivity contribution is 0.0816. The molecule has 17 heavy (non-hydrogen) atoms. The van der Waals surface area contributed by atoms with Crippen molar-refractivity contribution in [3.05, 3.63) is 35.4 Å². The zero-order valence-corrected chi connectivity index (χ0v) is 10.2. The average molecular weight is 229 g/mol. The zero-order valence-electron chi connectivity index (χ0n) is 10.2. The van der Waals surface area contributed by atoms with Crippen LogP contribution in [0.3, 0.4) is 0 Å². The predicted molar refractivity (Wildman–Crippen MR) is 68.3 cm³/mol. The van der Waals surface area contributed by atoms with Crippen molar-refractivity contribution >= 4 is 5.78 Å². The fourth-order valence-corrected chi connectivity index (χ4v) is 3.23. The smallest absolute Gasteiger partial charge is 0.183 e. The predicted octanol–water partition coefficient (Wildman–Crippen LogP) is 2.72. The van der Waals surface area contributed by atoms with Gasteiger partial charge in [0.15, 0.2) is 5.78 Å². The third kappa shape index (κ3) is 1.81. The molecule has 0 aromatic heterocycles. The molecule has 1 N–H and O–H groups in total. The Morgan fingerprint density at radius 3 is 2.88 bits per heavy atom. The highest BCUT2D eigenvalue weighted by Gasteiger charge is 2.41. The molecule has 0 radical (unpaired) electrons. The van der Waals surface area contributed by atoms with Gasteiger partial charge in [0.2, 0.25) is 0 Å². The van der Waals surface area contributed by atoms with E-state index in [1.807, 2.05) is 18.2 Å². The van der Waals surface area contributed by atoms with Crippen molar-refractivity contribution in [2.45, 2.75) is 44.1 Å². The van der Waals surface area contributed by atoms with E-state index in [2.05, 4.69) is 11.4 Å². The van der Waals surface area contributed by atoms with Gasteiger partial charge in [-0.05, 0) is 37.8 Å². The summed E-state index contributed by atoms with van der Waals surface area (Å²) in [5, 5.41) is 3.54. The van der Waals surface area contributed by atoms with Crippen LogP contribution < -0.4 is 5.32 Å². The van der Waals surface area contributed by atoms with Gasteiger partial charge in [0.25, 0.3) is 0 Å². The molecule has 1 heterocycles. The minimum Gasteiger partial charge on any atom is -0.305 e. The first-order valence-electron chi connectivity index (χ1n) is 6.70. The van der Waals surface area contributed by atoms with Crippen LogP contribution in [0.5, 0.6) is 0 Å². The largest absolute Gasteiger partial charge is 0.305 e. The molecule has 1 saturated heterocycles. The van der Waals surface area contributed by atoms with E-state index in [1.165, 1.54) is 24.8 Å². The normalized spacial score (nSPS) is 28.8. The number of rotatable bonds is 0.